The van der Waals surface area contributed by atoms with Crippen LogP contribution in [-0.2, 0) is 16.6 Å². The lowest BCUT2D eigenvalue weighted by Gasteiger charge is -2.32. The second-order valence-corrected chi connectivity index (χ2v) is 9.00. The Balaban J connectivity index is 1.57. The second-order valence-electron chi connectivity index (χ2n) is 7.06. The molecule has 1 aliphatic rings. The number of hydrogen-bond acceptors (Lipinski definition) is 4. The van der Waals surface area contributed by atoms with Crippen molar-refractivity contribution < 1.29 is 17.2 Å². The van der Waals surface area contributed by atoms with Crippen LogP contribution < -0.4 is 0 Å². The number of halogens is 2. The maximum Gasteiger partial charge on any atom is 0.243 e. The van der Waals surface area contributed by atoms with Gasteiger partial charge in [-0.1, -0.05) is 0 Å². The number of rotatable bonds is 4. The van der Waals surface area contributed by atoms with Gasteiger partial charge in [0.15, 0.2) is 17.3 Å². The topological polar surface area (TPSA) is 68.1 Å². The Kier molecular flexibility index (Phi) is 4.88. The Bertz CT molecular complexity index is 1130. The summed E-state index contributed by atoms with van der Waals surface area (Å²) < 4.78 is 55.8. The van der Waals surface area contributed by atoms with E-state index in [1.54, 1.807) is 6.20 Å². The molecule has 0 radical (unpaired) electrons. The molecular weight excluding hydrogens is 386 g/mol. The summed E-state index contributed by atoms with van der Waals surface area (Å²) in [5.41, 5.74) is 1.59. The summed E-state index contributed by atoms with van der Waals surface area (Å²) in [4.78, 5) is 8.67. The minimum atomic E-state index is -3.88. The first-order chi connectivity index (χ1) is 13.4. The molecule has 1 unspecified atom stereocenters. The number of imidazole rings is 1. The average molecular weight is 406 g/mol. The van der Waals surface area contributed by atoms with Gasteiger partial charge in [-0.3, -0.25) is 0 Å². The molecule has 0 saturated carbocycles. The number of benzene rings is 1. The summed E-state index contributed by atoms with van der Waals surface area (Å²) in [6.07, 6.45) is 3.28. The Morgan fingerprint density at radius 1 is 1.21 bits per heavy atom. The Hall–Kier alpha value is -2.39. The van der Waals surface area contributed by atoms with Gasteiger partial charge in [-0.15, -0.1) is 0 Å². The van der Waals surface area contributed by atoms with E-state index in [2.05, 4.69) is 9.97 Å². The van der Waals surface area contributed by atoms with Crippen LogP contribution in [0.25, 0.3) is 11.2 Å². The molecule has 2 aromatic heterocycles. The van der Waals surface area contributed by atoms with Crippen LogP contribution >= 0.6 is 0 Å². The molecule has 3 aromatic rings. The van der Waals surface area contributed by atoms with Crippen LogP contribution in [0.3, 0.4) is 0 Å². The zero-order valence-corrected chi connectivity index (χ0v) is 16.2. The van der Waals surface area contributed by atoms with Gasteiger partial charge in [0, 0.05) is 25.8 Å². The first-order valence-electron chi connectivity index (χ1n) is 9.09. The summed E-state index contributed by atoms with van der Waals surface area (Å²) in [7, 11) is -3.88. The number of piperidine rings is 1. The fourth-order valence-electron chi connectivity index (χ4n) is 3.73. The van der Waals surface area contributed by atoms with Crippen molar-refractivity contribution in [2.24, 2.45) is 5.92 Å². The predicted octanol–water partition coefficient (Wildman–Crippen LogP) is 3.12. The van der Waals surface area contributed by atoms with Gasteiger partial charge in [0.1, 0.15) is 11.3 Å². The molecule has 9 heteroatoms. The van der Waals surface area contributed by atoms with Gasteiger partial charge >= 0.3 is 0 Å². The normalized spacial score (nSPS) is 18.6. The van der Waals surface area contributed by atoms with Crippen LogP contribution in [0.15, 0.2) is 41.4 Å². The number of nitrogens with zero attached hydrogens (tertiary/aromatic N) is 4. The molecule has 1 saturated heterocycles. The molecule has 28 heavy (non-hydrogen) atoms. The fourth-order valence-corrected chi connectivity index (χ4v) is 5.30. The molecule has 1 atom stereocenters. The third-order valence-electron chi connectivity index (χ3n) is 5.15. The van der Waals surface area contributed by atoms with E-state index in [1.807, 2.05) is 23.6 Å². The zero-order valence-electron chi connectivity index (χ0n) is 15.3. The Morgan fingerprint density at radius 3 is 2.82 bits per heavy atom. The van der Waals surface area contributed by atoms with Gasteiger partial charge in [-0.05, 0) is 56.0 Å². The van der Waals surface area contributed by atoms with Crippen molar-refractivity contribution >= 4 is 21.2 Å². The summed E-state index contributed by atoms with van der Waals surface area (Å²) >= 11 is 0. The molecule has 1 fully saturated rings. The van der Waals surface area contributed by atoms with Gasteiger partial charge in [-0.2, -0.15) is 4.31 Å². The van der Waals surface area contributed by atoms with Crippen molar-refractivity contribution in [3.63, 3.8) is 0 Å². The van der Waals surface area contributed by atoms with Gasteiger partial charge < -0.3 is 4.57 Å². The second kappa shape index (κ2) is 7.21. The highest BCUT2D eigenvalue weighted by atomic mass is 32.2. The third kappa shape index (κ3) is 3.40. The highest BCUT2D eigenvalue weighted by Crippen LogP contribution is 2.27. The van der Waals surface area contributed by atoms with Gasteiger partial charge in [0.05, 0.1) is 4.90 Å². The maximum atomic E-state index is 13.5. The van der Waals surface area contributed by atoms with E-state index in [1.165, 1.54) is 4.31 Å². The van der Waals surface area contributed by atoms with Crippen LogP contribution in [0.5, 0.6) is 0 Å². The quantitative estimate of drug-likeness (QED) is 0.668. The number of aromatic nitrogens is 3. The van der Waals surface area contributed by atoms with Crippen LogP contribution in [-0.4, -0.2) is 40.3 Å². The number of pyridine rings is 1. The monoisotopic (exact) mass is 406 g/mol. The summed E-state index contributed by atoms with van der Waals surface area (Å²) in [6.45, 7) is 3.18. The molecular formula is C19H20F2N4O2S. The fraction of sp³-hybridized carbons (Fsp3) is 0.368. The van der Waals surface area contributed by atoms with E-state index in [-0.39, 0.29) is 10.8 Å². The van der Waals surface area contributed by atoms with E-state index in [9.17, 15) is 17.2 Å². The van der Waals surface area contributed by atoms with E-state index in [4.69, 9.17) is 0 Å². The summed E-state index contributed by atoms with van der Waals surface area (Å²) in [5.74, 6) is -1.33. The molecule has 0 N–H and O–H groups in total. The lowest BCUT2D eigenvalue weighted by molar-refractivity contribution is 0.245. The number of aryl methyl sites for hydroxylation is 1. The minimum absolute atomic E-state index is 0.0759. The van der Waals surface area contributed by atoms with Crippen molar-refractivity contribution in [3.8, 4) is 0 Å². The molecule has 1 aromatic carbocycles. The molecule has 3 heterocycles. The predicted molar refractivity (Wildman–Crippen MR) is 100 cm³/mol. The molecule has 6 nitrogen and oxygen atoms in total. The standard InChI is InChI=1S/C19H20F2N4O2S/c1-13-23-18-5-2-8-22-19(18)25(13)12-14-4-3-9-24(11-14)28(26,27)15-6-7-16(20)17(21)10-15/h2,5-8,10,14H,3-4,9,11-12H2,1H3. The number of fused-ring (bicyclic) bond motifs is 1. The maximum absolute atomic E-state index is 13.5. The third-order valence-corrected chi connectivity index (χ3v) is 7.01. The molecule has 0 spiro atoms. The van der Waals surface area contributed by atoms with Crippen molar-refractivity contribution in [3.05, 3.63) is 54.0 Å². The average Bonchev–Trinajstić information content (AvgIpc) is 2.99. The lowest BCUT2D eigenvalue weighted by atomic mass is 9.99. The van der Waals surface area contributed by atoms with E-state index in [0.717, 1.165) is 41.6 Å². The van der Waals surface area contributed by atoms with Gasteiger partial charge in [-0.25, -0.2) is 27.2 Å². The van der Waals surface area contributed by atoms with Crippen LogP contribution in [0.4, 0.5) is 8.78 Å². The van der Waals surface area contributed by atoms with Gasteiger partial charge in [0.25, 0.3) is 0 Å². The Morgan fingerprint density at radius 2 is 2.04 bits per heavy atom. The van der Waals surface area contributed by atoms with Crippen LogP contribution in [0, 0.1) is 24.5 Å². The molecule has 1 aliphatic heterocycles. The Labute approximate surface area is 161 Å². The largest absolute Gasteiger partial charge is 0.313 e. The minimum Gasteiger partial charge on any atom is -0.313 e. The van der Waals surface area contributed by atoms with Crippen molar-refractivity contribution in [2.75, 3.05) is 13.1 Å². The lowest BCUT2D eigenvalue weighted by Crippen LogP contribution is -2.41. The molecule has 0 bridgehead atoms. The van der Waals surface area contributed by atoms with Crippen molar-refractivity contribution in [1.82, 2.24) is 18.8 Å². The molecule has 148 valence electrons. The van der Waals surface area contributed by atoms with E-state index >= 15 is 0 Å². The van der Waals surface area contributed by atoms with Crippen LogP contribution in [0.1, 0.15) is 18.7 Å². The van der Waals surface area contributed by atoms with E-state index < -0.39 is 21.7 Å². The summed E-state index contributed by atoms with van der Waals surface area (Å²) in [5, 5.41) is 0. The van der Waals surface area contributed by atoms with Crippen molar-refractivity contribution in [2.45, 2.75) is 31.2 Å². The SMILES string of the molecule is Cc1nc2cccnc2n1CC1CCCN(S(=O)(=O)c2ccc(F)c(F)c2)C1. The first kappa shape index (κ1) is 18.9. The zero-order chi connectivity index (χ0) is 19.9. The highest BCUT2D eigenvalue weighted by Gasteiger charge is 2.31. The highest BCUT2D eigenvalue weighted by molar-refractivity contribution is 7.89. The summed E-state index contributed by atoms with van der Waals surface area (Å²) in [6, 6.07) is 6.42. The smallest absolute Gasteiger partial charge is 0.243 e. The van der Waals surface area contributed by atoms with Crippen LogP contribution in [0.2, 0.25) is 0 Å². The molecule has 0 amide bonds. The van der Waals surface area contributed by atoms with Crippen molar-refractivity contribution in [1.29, 1.82) is 0 Å². The van der Waals surface area contributed by atoms with E-state index in [0.29, 0.717) is 26.1 Å². The van der Waals surface area contributed by atoms with Gasteiger partial charge in [0.2, 0.25) is 10.0 Å². The number of hydrogen-bond donors (Lipinski definition) is 0. The first-order valence-corrected chi connectivity index (χ1v) is 10.5. The molecule has 4 rings (SSSR count). The number of sulfonamides is 1. The molecule has 0 aliphatic carbocycles.